The Morgan fingerprint density at radius 3 is 2.70 bits per heavy atom. The molecule has 0 spiro atoms. The van der Waals surface area contributed by atoms with E-state index in [1.165, 1.54) is 0 Å². The Morgan fingerprint density at radius 1 is 1.00 bits per heavy atom. The van der Waals surface area contributed by atoms with Gasteiger partial charge in [-0.25, -0.2) is 9.50 Å². The minimum atomic E-state index is 0.785. The number of rotatable bonds is 2. The molecular formula is C24H26N6. The van der Waals surface area contributed by atoms with E-state index in [1.54, 1.807) is 4.52 Å². The van der Waals surface area contributed by atoms with Crippen molar-refractivity contribution in [1.29, 1.82) is 0 Å². The lowest BCUT2D eigenvalue weighted by Crippen LogP contribution is -2.43. The summed E-state index contributed by atoms with van der Waals surface area (Å²) in [6.07, 6.45) is 7.47. The van der Waals surface area contributed by atoms with Crippen molar-refractivity contribution in [2.45, 2.75) is 13.8 Å². The summed E-state index contributed by atoms with van der Waals surface area (Å²) in [7, 11) is 0. The maximum absolute atomic E-state index is 4.64. The molecule has 6 heteroatoms. The van der Waals surface area contributed by atoms with E-state index in [-0.39, 0.29) is 0 Å². The molecule has 152 valence electrons. The molecule has 4 heterocycles. The van der Waals surface area contributed by atoms with Crippen molar-refractivity contribution in [3.63, 3.8) is 0 Å². The molecule has 0 bridgehead atoms. The van der Waals surface area contributed by atoms with E-state index >= 15 is 0 Å². The van der Waals surface area contributed by atoms with Crippen LogP contribution in [0.15, 0.2) is 55.1 Å². The summed E-state index contributed by atoms with van der Waals surface area (Å²) in [4.78, 5) is 11.4. The van der Waals surface area contributed by atoms with Crippen LogP contribution in [-0.4, -0.2) is 57.2 Å². The monoisotopic (exact) mass is 398 g/mol. The van der Waals surface area contributed by atoms with E-state index < -0.39 is 0 Å². The fourth-order valence-electron chi connectivity index (χ4n) is 3.58. The molecule has 1 aliphatic rings. The zero-order chi connectivity index (χ0) is 20.8. The van der Waals surface area contributed by atoms with Gasteiger partial charge < -0.3 is 5.32 Å². The summed E-state index contributed by atoms with van der Waals surface area (Å²) in [5, 5.41) is 8.96. The molecule has 4 aromatic rings. The first-order valence-electron chi connectivity index (χ1n) is 10.5. The van der Waals surface area contributed by atoms with Crippen LogP contribution in [0.5, 0.6) is 0 Å². The van der Waals surface area contributed by atoms with Gasteiger partial charge in [-0.2, -0.15) is 5.10 Å². The Hall–Kier alpha value is -3.27. The van der Waals surface area contributed by atoms with E-state index in [2.05, 4.69) is 43.2 Å². The Bertz CT molecular complexity index is 1190. The summed E-state index contributed by atoms with van der Waals surface area (Å²) in [6, 6.07) is 10.1. The van der Waals surface area contributed by atoms with E-state index in [0.717, 1.165) is 66.0 Å². The summed E-state index contributed by atoms with van der Waals surface area (Å²) in [6.45, 7) is 8.96. The molecule has 1 saturated heterocycles. The fourth-order valence-corrected chi connectivity index (χ4v) is 3.58. The SMILES string of the molecule is C(#Cc1cnc2c(-c3ccnc4ccccc34)cnn2c1)CN1CCNCC1.CC. The van der Waals surface area contributed by atoms with Gasteiger partial charge in [0.25, 0.3) is 0 Å². The third-order valence-corrected chi connectivity index (χ3v) is 5.04. The first-order valence-corrected chi connectivity index (χ1v) is 10.5. The van der Waals surface area contributed by atoms with Gasteiger partial charge in [-0.15, -0.1) is 0 Å². The smallest absolute Gasteiger partial charge is 0.162 e. The van der Waals surface area contributed by atoms with Crippen molar-refractivity contribution in [2.24, 2.45) is 0 Å². The molecule has 0 radical (unpaired) electrons. The normalized spacial score (nSPS) is 14.1. The van der Waals surface area contributed by atoms with Crippen LogP contribution in [0.1, 0.15) is 19.4 Å². The number of hydrogen-bond acceptors (Lipinski definition) is 5. The molecule has 1 fully saturated rings. The second-order valence-electron chi connectivity index (χ2n) is 6.87. The first kappa shape index (κ1) is 20.0. The lowest BCUT2D eigenvalue weighted by molar-refractivity contribution is 0.268. The Labute approximate surface area is 177 Å². The van der Waals surface area contributed by atoms with E-state index in [1.807, 2.05) is 62.9 Å². The number of nitrogens with one attached hydrogen (secondary N) is 1. The fraction of sp³-hybridized carbons (Fsp3) is 0.292. The maximum atomic E-state index is 4.64. The molecule has 0 saturated carbocycles. The van der Waals surface area contributed by atoms with Crippen molar-refractivity contribution in [3.05, 3.63) is 60.7 Å². The quantitative estimate of drug-likeness (QED) is 0.526. The molecule has 30 heavy (non-hydrogen) atoms. The molecule has 1 aromatic carbocycles. The number of nitrogens with zero attached hydrogens (tertiary/aromatic N) is 5. The maximum Gasteiger partial charge on any atom is 0.162 e. The lowest BCUT2D eigenvalue weighted by atomic mass is 10.0. The zero-order valence-corrected chi connectivity index (χ0v) is 17.5. The number of benzene rings is 1. The molecule has 1 N–H and O–H groups in total. The van der Waals surface area contributed by atoms with Gasteiger partial charge in [-0.1, -0.05) is 43.9 Å². The summed E-state index contributed by atoms with van der Waals surface area (Å²) < 4.78 is 1.80. The van der Waals surface area contributed by atoms with Crippen LogP contribution in [-0.2, 0) is 0 Å². The van der Waals surface area contributed by atoms with Gasteiger partial charge in [0.15, 0.2) is 5.65 Å². The predicted molar refractivity (Wildman–Crippen MR) is 121 cm³/mol. The van der Waals surface area contributed by atoms with Crippen LogP contribution in [0.4, 0.5) is 0 Å². The number of piperazine rings is 1. The van der Waals surface area contributed by atoms with Gasteiger partial charge in [-0.3, -0.25) is 9.88 Å². The van der Waals surface area contributed by atoms with Crippen LogP contribution < -0.4 is 5.32 Å². The molecular weight excluding hydrogens is 372 g/mol. The van der Waals surface area contributed by atoms with Crippen molar-refractivity contribution >= 4 is 16.6 Å². The zero-order valence-electron chi connectivity index (χ0n) is 17.5. The number of fused-ring (bicyclic) bond motifs is 2. The van der Waals surface area contributed by atoms with E-state index in [4.69, 9.17) is 0 Å². The highest BCUT2D eigenvalue weighted by atomic mass is 15.2. The third-order valence-electron chi connectivity index (χ3n) is 5.04. The largest absolute Gasteiger partial charge is 0.314 e. The topological polar surface area (TPSA) is 58.4 Å². The molecule has 3 aromatic heterocycles. The Kier molecular flexibility index (Phi) is 6.33. The van der Waals surface area contributed by atoms with E-state index in [9.17, 15) is 0 Å². The summed E-state index contributed by atoms with van der Waals surface area (Å²) in [5.74, 6) is 6.47. The number of hydrogen-bond donors (Lipinski definition) is 1. The van der Waals surface area contributed by atoms with Crippen LogP contribution in [0.25, 0.3) is 27.7 Å². The molecule has 1 aliphatic heterocycles. The predicted octanol–water partition coefficient (Wildman–Crippen LogP) is 3.23. The van der Waals surface area contributed by atoms with Gasteiger partial charge in [0.2, 0.25) is 0 Å². The number of para-hydroxylation sites is 1. The average molecular weight is 399 g/mol. The Morgan fingerprint density at radius 2 is 1.83 bits per heavy atom. The van der Waals surface area contributed by atoms with Crippen LogP contribution in [0.2, 0.25) is 0 Å². The molecule has 0 aliphatic carbocycles. The summed E-state index contributed by atoms with van der Waals surface area (Å²) in [5.41, 5.74) is 4.75. The second kappa shape index (κ2) is 9.49. The molecule has 0 atom stereocenters. The molecule has 0 amide bonds. The average Bonchev–Trinajstić information content (AvgIpc) is 3.24. The number of aromatic nitrogens is 4. The van der Waals surface area contributed by atoms with Crippen LogP contribution in [0.3, 0.4) is 0 Å². The van der Waals surface area contributed by atoms with Crippen molar-refractivity contribution < 1.29 is 0 Å². The molecule has 5 rings (SSSR count). The second-order valence-corrected chi connectivity index (χ2v) is 6.87. The molecule has 6 nitrogen and oxygen atoms in total. The molecule has 0 unspecified atom stereocenters. The van der Waals surface area contributed by atoms with Crippen LogP contribution in [0, 0.1) is 11.8 Å². The van der Waals surface area contributed by atoms with Gasteiger partial charge in [0.05, 0.1) is 23.8 Å². The standard InChI is InChI=1S/C22H20N6.C2H6/c1-2-6-21-19(5-1)18(7-8-24-21)20-15-26-28-16-17(14-25-22(20)28)4-3-11-27-12-9-23-10-13-27;1-2/h1-2,5-8,14-16,23H,9-13H2;1-2H3. The van der Waals surface area contributed by atoms with Gasteiger partial charge >= 0.3 is 0 Å². The van der Waals surface area contributed by atoms with Gasteiger partial charge in [0.1, 0.15) is 0 Å². The summed E-state index contributed by atoms with van der Waals surface area (Å²) >= 11 is 0. The van der Waals surface area contributed by atoms with Crippen LogP contribution >= 0.6 is 0 Å². The van der Waals surface area contributed by atoms with E-state index in [0.29, 0.717) is 0 Å². The first-order chi connectivity index (χ1) is 14.9. The Balaban J connectivity index is 0.00000106. The van der Waals surface area contributed by atoms with Crippen molar-refractivity contribution in [1.82, 2.24) is 29.8 Å². The van der Waals surface area contributed by atoms with Crippen molar-refractivity contribution in [2.75, 3.05) is 32.7 Å². The van der Waals surface area contributed by atoms with Gasteiger partial charge in [-0.05, 0) is 17.7 Å². The lowest BCUT2D eigenvalue weighted by Gasteiger charge is -2.24. The van der Waals surface area contributed by atoms with Gasteiger partial charge in [0, 0.05) is 55.7 Å². The van der Waals surface area contributed by atoms with Crippen molar-refractivity contribution in [3.8, 4) is 23.0 Å². The number of pyridine rings is 1. The highest BCUT2D eigenvalue weighted by Gasteiger charge is 2.11. The minimum Gasteiger partial charge on any atom is -0.314 e. The minimum absolute atomic E-state index is 0.785. The third kappa shape index (κ3) is 4.18. The highest BCUT2D eigenvalue weighted by Crippen LogP contribution is 2.29. The highest BCUT2D eigenvalue weighted by molar-refractivity contribution is 5.97.